The zero-order chi connectivity index (χ0) is 24.9. The maximum Gasteiger partial charge on any atom is 0.573 e. The lowest BCUT2D eigenvalue weighted by Crippen LogP contribution is -2.25. The van der Waals surface area contributed by atoms with Gasteiger partial charge in [0.25, 0.3) is 0 Å². The lowest BCUT2D eigenvalue weighted by Gasteiger charge is -2.38. The van der Waals surface area contributed by atoms with Crippen molar-refractivity contribution in [3.05, 3.63) is 54.1 Å². The highest BCUT2D eigenvalue weighted by Crippen LogP contribution is 2.43. The van der Waals surface area contributed by atoms with Crippen molar-refractivity contribution in [2.24, 2.45) is 23.7 Å². The molecule has 2 aliphatic carbocycles. The molecule has 2 aliphatic rings. The highest BCUT2D eigenvalue weighted by atomic mass is 19.4. The molecule has 0 aromatic heterocycles. The quantitative estimate of drug-likeness (QED) is 0.177. The van der Waals surface area contributed by atoms with E-state index < -0.39 is 6.36 Å². The van der Waals surface area contributed by atoms with Crippen LogP contribution in [0.3, 0.4) is 0 Å². The molecular weight excluding hydrogens is 447 g/mol. The third-order valence-corrected chi connectivity index (χ3v) is 8.09. The predicted octanol–water partition coefficient (Wildman–Crippen LogP) is 9.33. The van der Waals surface area contributed by atoms with Gasteiger partial charge in [0.05, 0.1) is 6.07 Å². The fourth-order valence-electron chi connectivity index (χ4n) is 6.12. The van der Waals surface area contributed by atoms with Gasteiger partial charge in [0, 0.05) is 6.08 Å². The first-order chi connectivity index (χ1) is 16.9. The summed E-state index contributed by atoms with van der Waals surface area (Å²) in [5, 5.41) is 8.49. The zero-order valence-electron chi connectivity index (χ0n) is 20.8. The summed E-state index contributed by atoms with van der Waals surface area (Å²) in [5.41, 5.74) is 1.07. The first-order valence-corrected chi connectivity index (χ1v) is 13.5. The van der Waals surface area contributed by atoms with Crippen LogP contribution in [-0.2, 0) is 6.42 Å². The molecule has 3 rings (SSSR count). The number of rotatable bonds is 11. The van der Waals surface area contributed by atoms with Crippen LogP contribution in [0, 0.1) is 35.0 Å². The molecule has 2 fully saturated rings. The van der Waals surface area contributed by atoms with E-state index in [9.17, 15) is 13.2 Å². The van der Waals surface area contributed by atoms with Gasteiger partial charge in [0.15, 0.2) is 0 Å². The summed E-state index contributed by atoms with van der Waals surface area (Å²) in [6, 6.07) is 8.31. The van der Waals surface area contributed by atoms with Crippen LogP contribution in [0.5, 0.6) is 5.75 Å². The number of alkyl halides is 3. The molecule has 1 aromatic carbocycles. The summed E-state index contributed by atoms with van der Waals surface area (Å²) in [6.07, 6.45) is 20.9. The molecule has 5 heteroatoms. The second kappa shape index (κ2) is 14.4. The fraction of sp³-hybridized carbons (Fsp3) is 0.633. The van der Waals surface area contributed by atoms with Crippen LogP contribution in [0.15, 0.2) is 48.6 Å². The van der Waals surface area contributed by atoms with Crippen LogP contribution in [0.2, 0.25) is 0 Å². The smallest absolute Gasteiger partial charge is 0.406 e. The predicted molar refractivity (Wildman–Crippen MR) is 135 cm³/mol. The van der Waals surface area contributed by atoms with Gasteiger partial charge in [-0.1, -0.05) is 68.9 Å². The number of nitrogens with zero attached hydrogens (tertiary/aromatic N) is 1. The van der Waals surface area contributed by atoms with Crippen molar-refractivity contribution >= 4 is 0 Å². The Morgan fingerprint density at radius 3 is 2.00 bits per heavy atom. The van der Waals surface area contributed by atoms with Gasteiger partial charge in [-0.2, -0.15) is 5.26 Å². The van der Waals surface area contributed by atoms with Gasteiger partial charge in [-0.05, 0) is 92.7 Å². The highest BCUT2D eigenvalue weighted by molar-refractivity contribution is 5.27. The van der Waals surface area contributed by atoms with Gasteiger partial charge in [-0.15, -0.1) is 13.2 Å². The number of allylic oxidation sites excluding steroid dienone is 4. The minimum absolute atomic E-state index is 0.149. The standard InChI is InChI=1S/C30H40F3NO/c31-30(32,33)35-29-21-15-26(16-22-29)10-6-5-9-25-13-19-28(20-14-25)27-17-11-24(12-18-27)8-4-2-1-3-7-23-34/h1-3,7,15-16,21-22,24-25,27-28H,4-6,8-14,17-20H2/t24-,25-,27-,28-. The molecular formula is C30H40F3NO. The minimum Gasteiger partial charge on any atom is -0.406 e. The van der Waals surface area contributed by atoms with Gasteiger partial charge >= 0.3 is 6.36 Å². The van der Waals surface area contributed by atoms with Crippen molar-refractivity contribution in [1.82, 2.24) is 0 Å². The third-order valence-electron chi connectivity index (χ3n) is 8.09. The number of benzene rings is 1. The van der Waals surface area contributed by atoms with E-state index in [4.69, 9.17) is 5.26 Å². The molecule has 0 spiro atoms. The van der Waals surface area contributed by atoms with Crippen LogP contribution in [0.4, 0.5) is 13.2 Å². The molecule has 192 valence electrons. The summed E-state index contributed by atoms with van der Waals surface area (Å²) in [6.45, 7) is 0. The van der Waals surface area contributed by atoms with E-state index in [-0.39, 0.29) is 5.75 Å². The van der Waals surface area contributed by atoms with E-state index >= 15 is 0 Å². The van der Waals surface area contributed by atoms with Gasteiger partial charge in [0.2, 0.25) is 0 Å². The molecule has 0 radical (unpaired) electrons. The molecule has 2 nitrogen and oxygen atoms in total. The molecule has 0 amide bonds. The maximum atomic E-state index is 12.3. The number of ether oxygens (including phenoxy) is 1. The van der Waals surface area contributed by atoms with Crippen LogP contribution in [-0.4, -0.2) is 6.36 Å². The van der Waals surface area contributed by atoms with Crippen LogP contribution >= 0.6 is 0 Å². The normalized spacial score (nSPS) is 25.7. The second-order valence-corrected chi connectivity index (χ2v) is 10.5. The number of hydrogen-bond donors (Lipinski definition) is 0. The molecule has 0 unspecified atom stereocenters. The SMILES string of the molecule is N#CC=CC=CCC[C@H]1CC[C@H]([C@H]2CC[C@H](CCCCc3ccc(OC(F)(F)F)cc3)CC2)CC1. The Balaban J connectivity index is 1.24. The molecule has 0 atom stereocenters. The lowest BCUT2D eigenvalue weighted by molar-refractivity contribution is -0.274. The van der Waals surface area contributed by atoms with Crippen molar-refractivity contribution < 1.29 is 17.9 Å². The number of nitriles is 1. The van der Waals surface area contributed by atoms with E-state index in [1.807, 2.05) is 18.2 Å². The Kier molecular flexibility index (Phi) is 11.2. The molecule has 1 aromatic rings. The van der Waals surface area contributed by atoms with E-state index in [0.717, 1.165) is 48.5 Å². The summed E-state index contributed by atoms with van der Waals surface area (Å²) in [4.78, 5) is 0. The Hall–Kier alpha value is -2.22. The summed E-state index contributed by atoms with van der Waals surface area (Å²) >= 11 is 0. The Labute approximate surface area is 209 Å². The fourth-order valence-corrected chi connectivity index (χ4v) is 6.12. The first-order valence-electron chi connectivity index (χ1n) is 13.5. The van der Waals surface area contributed by atoms with Crippen LogP contribution in [0.1, 0.15) is 89.0 Å². The Morgan fingerprint density at radius 2 is 1.43 bits per heavy atom. The van der Waals surface area contributed by atoms with E-state index in [0.29, 0.717) is 0 Å². The molecule has 2 saturated carbocycles. The highest BCUT2D eigenvalue weighted by Gasteiger charge is 2.31. The van der Waals surface area contributed by atoms with Crippen molar-refractivity contribution in [3.63, 3.8) is 0 Å². The second-order valence-electron chi connectivity index (χ2n) is 10.5. The Bertz CT molecular complexity index is 821. The average molecular weight is 488 g/mol. The van der Waals surface area contributed by atoms with Crippen molar-refractivity contribution in [1.29, 1.82) is 5.26 Å². The molecule has 0 saturated heterocycles. The van der Waals surface area contributed by atoms with Crippen molar-refractivity contribution in [2.75, 3.05) is 0 Å². The van der Waals surface area contributed by atoms with Gasteiger partial charge < -0.3 is 4.74 Å². The molecule has 35 heavy (non-hydrogen) atoms. The summed E-state index contributed by atoms with van der Waals surface area (Å²) < 4.78 is 40.7. The number of halogens is 3. The van der Waals surface area contributed by atoms with Crippen LogP contribution < -0.4 is 4.74 Å². The van der Waals surface area contributed by atoms with Gasteiger partial charge in [-0.3, -0.25) is 0 Å². The summed E-state index contributed by atoms with van der Waals surface area (Å²) in [7, 11) is 0. The van der Waals surface area contributed by atoms with E-state index in [1.54, 1.807) is 12.1 Å². The topological polar surface area (TPSA) is 33.0 Å². The monoisotopic (exact) mass is 487 g/mol. The summed E-state index contributed by atoms with van der Waals surface area (Å²) in [5.74, 6) is 3.45. The largest absolute Gasteiger partial charge is 0.573 e. The lowest BCUT2D eigenvalue weighted by atomic mass is 9.68. The van der Waals surface area contributed by atoms with E-state index in [1.165, 1.54) is 88.8 Å². The average Bonchev–Trinajstić information content (AvgIpc) is 2.85. The van der Waals surface area contributed by atoms with E-state index in [2.05, 4.69) is 10.8 Å². The van der Waals surface area contributed by atoms with Crippen molar-refractivity contribution in [2.45, 2.75) is 96.3 Å². The Morgan fingerprint density at radius 1 is 0.829 bits per heavy atom. The number of aryl methyl sites for hydroxylation is 1. The molecule has 0 bridgehead atoms. The molecule has 0 heterocycles. The van der Waals surface area contributed by atoms with Crippen molar-refractivity contribution in [3.8, 4) is 11.8 Å². The minimum atomic E-state index is -4.63. The zero-order valence-corrected chi connectivity index (χ0v) is 20.8. The molecule has 0 aliphatic heterocycles. The number of hydrogen-bond acceptors (Lipinski definition) is 2. The third kappa shape index (κ3) is 10.5. The molecule has 0 N–H and O–H groups in total. The van der Waals surface area contributed by atoms with Gasteiger partial charge in [0.1, 0.15) is 5.75 Å². The number of unbranched alkanes of at least 4 members (excludes halogenated alkanes) is 1. The first kappa shape index (κ1) is 27.4. The maximum absolute atomic E-state index is 12.3. The van der Waals surface area contributed by atoms with Crippen LogP contribution in [0.25, 0.3) is 0 Å². The van der Waals surface area contributed by atoms with Gasteiger partial charge in [-0.25, -0.2) is 0 Å².